The van der Waals surface area contributed by atoms with Gasteiger partial charge < -0.3 is 20.1 Å². The number of nitrogens with one attached hydrogen (secondary N) is 2. The van der Waals surface area contributed by atoms with Gasteiger partial charge in [0.25, 0.3) is 17.9 Å². The minimum absolute atomic E-state index is 0.0603. The van der Waals surface area contributed by atoms with Gasteiger partial charge in [-0.25, -0.2) is 22.0 Å². The fourth-order valence-electron chi connectivity index (χ4n) is 5.45. The number of nitrogens with zero attached hydrogens (tertiary/aromatic N) is 2. The van der Waals surface area contributed by atoms with Crippen LogP contribution in [-0.4, -0.2) is 48.0 Å². The number of halogens is 5. The molecule has 5 rings (SSSR count). The van der Waals surface area contributed by atoms with Crippen LogP contribution in [0.25, 0.3) is 0 Å². The lowest BCUT2D eigenvalue weighted by Crippen LogP contribution is -2.32. The minimum Gasteiger partial charge on any atom is -0.381 e. The highest BCUT2D eigenvalue weighted by Gasteiger charge is 2.55. The lowest BCUT2D eigenvalue weighted by molar-refractivity contribution is 0.0939. The van der Waals surface area contributed by atoms with E-state index >= 15 is 0 Å². The summed E-state index contributed by atoms with van der Waals surface area (Å²) in [7, 11) is 2.02. The Morgan fingerprint density at radius 1 is 1.11 bits per heavy atom. The molecule has 2 N–H and O–H groups in total. The van der Waals surface area contributed by atoms with Gasteiger partial charge in [0.15, 0.2) is 0 Å². The molecule has 0 bridgehead atoms. The lowest BCUT2D eigenvalue weighted by Gasteiger charge is -2.20. The van der Waals surface area contributed by atoms with Crippen LogP contribution in [0, 0.1) is 23.6 Å². The first-order valence-electron chi connectivity index (χ1n) is 11.9. The van der Waals surface area contributed by atoms with Gasteiger partial charge in [0.05, 0.1) is 22.9 Å². The second kappa shape index (κ2) is 9.17. The number of likely N-dealkylation sites (tertiary alicyclic amines) is 1. The number of amides is 1. The van der Waals surface area contributed by atoms with Crippen molar-refractivity contribution >= 4 is 11.6 Å². The summed E-state index contributed by atoms with van der Waals surface area (Å²) in [6.45, 7) is 3.23. The maximum Gasteiger partial charge on any atom is 0.266 e. The number of alkyl halides is 4. The van der Waals surface area contributed by atoms with Gasteiger partial charge >= 0.3 is 0 Å². The number of carbonyl (C=O) groups is 1. The molecule has 1 amide bonds. The monoisotopic (exact) mass is 510 g/mol. The summed E-state index contributed by atoms with van der Waals surface area (Å²) in [5, 5.41) is 5.89. The summed E-state index contributed by atoms with van der Waals surface area (Å²) in [4.78, 5) is 28.3. The number of piperidine rings is 1. The predicted octanol–water partition coefficient (Wildman–Crippen LogP) is 4.21. The highest BCUT2D eigenvalue weighted by molar-refractivity contribution is 5.99. The van der Waals surface area contributed by atoms with E-state index in [9.17, 15) is 31.5 Å². The second-order valence-electron chi connectivity index (χ2n) is 10.1. The molecule has 6 nitrogen and oxygen atoms in total. The molecule has 2 aromatic rings. The van der Waals surface area contributed by atoms with Crippen molar-refractivity contribution in [2.45, 2.75) is 44.3 Å². The molecule has 3 fully saturated rings. The molecule has 1 saturated heterocycles. The summed E-state index contributed by atoms with van der Waals surface area (Å²) < 4.78 is 68.4. The van der Waals surface area contributed by atoms with Gasteiger partial charge in [-0.1, -0.05) is 18.2 Å². The number of pyridine rings is 1. The van der Waals surface area contributed by atoms with E-state index in [4.69, 9.17) is 0 Å². The van der Waals surface area contributed by atoms with Crippen molar-refractivity contribution in [3.05, 3.63) is 63.3 Å². The van der Waals surface area contributed by atoms with E-state index in [0.717, 1.165) is 23.7 Å². The smallest absolute Gasteiger partial charge is 0.266 e. The zero-order valence-electron chi connectivity index (χ0n) is 19.7. The molecule has 2 aliphatic carbocycles. The summed E-state index contributed by atoms with van der Waals surface area (Å²) in [5.41, 5.74) is -1.02. The Hall–Kier alpha value is -2.95. The normalized spacial score (nSPS) is 27.8. The molecule has 2 saturated carbocycles. The highest BCUT2D eigenvalue weighted by Crippen LogP contribution is 2.48. The first-order valence-corrected chi connectivity index (χ1v) is 11.9. The van der Waals surface area contributed by atoms with Crippen LogP contribution in [0.3, 0.4) is 0 Å². The first-order chi connectivity index (χ1) is 17.1. The van der Waals surface area contributed by atoms with Crippen LogP contribution in [0.15, 0.2) is 35.3 Å². The quantitative estimate of drug-likeness (QED) is 0.523. The van der Waals surface area contributed by atoms with Crippen LogP contribution in [0.1, 0.15) is 53.3 Å². The van der Waals surface area contributed by atoms with Crippen LogP contribution in [-0.2, 0) is 0 Å². The van der Waals surface area contributed by atoms with Crippen molar-refractivity contribution in [1.29, 1.82) is 0 Å². The summed E-state index contributed by atoms with van der Waals surface area (Å²) in [6.07, 6.45) is -4.18. The van der Waals surface area contributed by atoms with E-state index in [1.54, 1.807) is 0 Å². The van der Waals surface area contributed by atoms with Gasteiger partial charge in [0.2, 0.25) is 6.43 Å². The van der Waals surface area contributed by atoms with E-state index in [1.165, 1.54) is 31.3 Å². The van der Waals surface area contributed by atoms with Crippen molar-refractivity contribution in [3.8, 4) is 0 Å². The van der Waals surface area contributed by atoms with E-state index in [0.29, 0.717) is 11.8 Å². The molecule has 6 atom stereocenters. The number of fused-ring (bicyclic) bond motifs is 1. The number of hydrogen-bond donors (Lipinski definition) is 2. The third-order valence-corrected chi connectivity index (χ3v) is 7.62. The molecule has 36 heavy (non-hydrogen) atoms. The first kappa shape index (κ1) is 24.7. The Morgan fingerprint density at radius 2 is 1.78 bits per heavy atom. The Morgan fingerprint density at radius 3 is 2.39 bits per heavy atom. The van der Waals surface area contributed by atoms with Gasteiger partial charge in [-0.05, 0) is 32.2 Å². The molecule has 0 unspecified atom stereocenters. The molecule has 1 aromatic heterocycles. The Bertz CT molecular complexity index is 1220. The van der Waals surface area contributed by atoms with E-state index in [1.807, 2.05) is 7.05 Å². The lowest BCUT2D eigenvalue weighted by atomic mass is 10.0. The fraction of sp³-hybridized carbons (Fsp3) is 0.520. The maximum absolute atomic E-state index is 14.6. The molecule has 11 heteroatoms. The summed E-state index contributed by atoms with van der Waals surface area (Å²) in [5.74, 6) is -1.97. The van der Waals surface area contributed by atoms with Gasteiger partial charge in [-0.15, -0.1) is 0 Å². The van der Waals surface area contributed by atoms with E-state index in [2.05, 4.69) is 15.5 Å². The summed E-state index contributed by atoms with van der Waals surface area (Å²) in [6, 6.07) is 3.24. The molecule has 1 aliphatic heterocycles. The second-order valence-corrected chi connectivity index (χ2v) is 10.1. The molecule has 194 valence electrons. The third kappa shape index (κ3) is 4.49. The van der Waals surface area contributed by atoms with Gasteiger partial charge in [-0.2, -0.15) is 0 Å². The van der Waals surface area contributed by atoms with Gasteiger partial charge in [-0.3, -0.25) is 9.59 Å². The molecule has 3 aliphatic rings. The Balaban J connectivity index is 1.42. The standard InChI is InChI=1S/C25H27F5N4O2/c1-11(12-4-3-5-13(21(12)26)23(27)28)31-25(36)17-10-34(19-6-14(19)24(29)30)20(35)7-18(17)32-22-15-8-33(2)9-16(15)22/h3-5,7,10-11,14-16,19,22-24,32H,6,8-9H2,1-2H3,(H,31,36)/t11-,14+,15-,16+,19+,22-/m1/s1. The van der Waals surface area contributed by atoms with E-state index < -0.39 is 53.7 Å². The average Bonchev–Trinajstić information content (AvgIpc) is 3.68. The molecule has 1 aromatic carbocycles. The van der Waals surface area contributed by atoms with Crippen LogP contribution < -0.4 is 16.2 Å². The van der Waals surface area contributed by atoms with Crippen LogP contribution in [0.5, 0.6) is 0 Å². The van der Waals surface area contributed by atoms with Crippen LogP contribution >= 0.6 is 0 Å². The topological polar surface area (TPSA) is 66.4 Å². The SMILES string of the molecule is C[C@@H](NC(=O)c1cn([C@H]2C[C@@H]2C(F)F)c(=O)cc1N[C@@H]1[C@@H]2CN(C)C[C@@H]21)c1cccc(C(F)F)c1F. The fourth-order valence-corrected chi connectivity index (χ4v) is 5.45. The Kier molecular flexibility index (Phi) is 6.30. The number of hydrogen-bond acceptors (Lipinski definition) is 4. The molecular formula is C25H27F5N4O2. The van der Waals surface area contributed by atoms with Crippen molar-refractivity contribution in [1.82, 2.24) is 14.8 Å². The number of anilines is 1. The van der Waals surface area contributed by atoms with Crippen LogP contribution in [0.4, 0.5) is 27.6 Å². The zero-order valence-corrected chi connectivity index (χ0v) is 19.7. The predicted molar refractivity (Wildman–Crippen MR) is 123 cm³/mol. The minimum atomic E-state index is -3.01. The number of benzene rings is 1. The number of aromatic nitrogens is 1. The zero-order chi connectivity index (χ0) is 25.9. The third-order valence-electron chi connectivity index (χ3n) is 7.62. The molecule has 0 spiro atoms. The average molecular weight is 511 g/mol. The molecule has 0 radical (unpaired) electrons. The van der Waals surface area contributed by atoms with Gasteiger partial charge in [0.1, 0.15) is 5.82 Å². The molecule has 2 heterocycles. The summed E-state index contributed by atoms with van der Waals surface area (Å²) >= 11 is 0. The number of rotatable bonds is 8. The largest absolute Gasteiger partial charge is 0.381 e. The highest BCUT2D eigenvalue weighted by atomic mass is 19.3. The van der Waals surface area contributed by atoms with Crippen molar-refractivity contribution < 1.29 is 26.7 Å². The molecular weight excluding hydrogens is 483 g/mol. The Labute approximate surface area is 204 Å². The number of carbonyl (C=O) groups excluding carboxylic acids is 1. The van der Waals surface area contributed by atoms with Crippen molar-refractivity contribution in [2.75, 3.05) is 25.5 Å². The van der Waals surface area contributed by atoms with Crippen molar-refractivity contribution in [2.24, 2.45) is 17.8 Å². The maximum atomic E-state index is 14.6. The van der Waals surface area contributed by atoms with Crippen LogP contribution in [0.2, 0.25) is 0 Å². The van der Waals surface area contributed by atoms with Crippen molar-refractivity contribution in [3.63, 3.8) is 0 Å². The van der Waals surface area contributed by atoms with Gasteiger partial charge in [0, 0.05) is 48.9 Å². The van der Waals surface area contributed by atoms with E-state index in [-0.39, 0.29) is 29.3 Å².